The fourth-order valence-electron chi connectivity index (χ4n) is 5.06. The first kappa shape index (κ1) is 29.8. The van der Waals surface area contributed by atoms with Gasteiger partial charge in [-0.2, -0.15) is 0 Å². The quantitative estimate of drug-likeness (QED) is 0.273. The molecule has 0 unspecified atom stereocenters. The van der Waals surface area contributed by atoms with Crippen LogP contribution in [0.3, 0.4) is 0 Å². The van der Waals surface area contributed by atoms with E-state index in [0.29, 0.717) is 11.4 Å². The van der Waals surface area contributed by atoms with Crippen molar-refractivity contribution in [3.63, 3.8) is 0 Å². The van der Waals surface area contributed by atoms with Gasteiger partial charge in [0.15, 0.2) is 0 Å². The van der Waals surface area contributed by atoms with Crippen LogP contribution in [-0.2, 0) is 21.4 Å². The summed E-state index contributed by atoms with van der Waals surface area (Å²) < 4.78 is 33.3. The highest BCUT2D eigenvalue weighted by Gasteiger charge is 2.30. The highest BCUT2D eigenvalue weighted by molar-refractivity contribution is 7.89. The Morgan fingerprint density at radius 1 is 1.07 bits per heavy atom. The summed E-state index contributed by atoms with van der Waals surface area (Å²) >= 11 is 1.67. The number of hydrogen-bond acceptors (Lipinski definition) is 6. The van der Waals surface area contributed by atoms with Crippen LogP contribution in [0.5, 0.6) is 0 Å². The topological polar surface area (TPSA) is 70.2 Å². The molecule has 0 saturated carbocycles. The number of rotatable bonds is 12. The molecule has 7 nitrogen and oxygen atoms in total. The minimum Gasteiger partial charge on any atom is -0.445 e. The molecule has 4 rings (SSSR count). The summed E-state index contributed by atoms with van der Waals surface area (Å²) in [7, 11) is -1.90. The molecule has 40 heavy (non-hydrogen) atoms. The van der Waals surface area contributed by atoms with Gasteiger partial charge in [-0.05, 0) is 54.9 Å². The van der Waals surface area contributed by atoms with Gasteiger partial charge in [-0.25, -0.2) is 17.5 Å². The Kier molecular flexibility index (Phi) is 10.8. The molecule has 1 fully saturated rings. The van der Waals surface area contributed by atoms with Crippen LogP contribution >= 0.6 is 11.3 Å². The Balaban J connectivity index is 1.31. The second-order valence-electron chi connectivity index (χ2n) is 10.0. The zero-order chi connectivity index (χ0) is 28.4. The van der Waals surface area contributed by atoms with E-state index in [4.69, 9.17) is 11.2 Å². The second-order valence-corrected chi connectivity index (χ2v) is 13.1. The molecule has 1 aromatic heterocycles. The average molecular weight is 580 g/mol. The van der Waals surface area contributed by atoms with Crippen LogP contribution in [0.15, 0.2) is 83.1 Å². The number of likely N-dealkylation sites (tertiary alicyclic amines) is 1. The lowest BCUT2D eigenvalue weighted by molar-refractivity contribution is 0.0663. The number of ether oxygens (including phenoxy) is 1. The summed E-state index contributed by atoms with van der Waals surface area (Å²) in [5.74, 6) is 2.70. The number of sulfonamides is 1. The van der Waals surface area contributed by atoms with Crippen LogP contribution in [0.4, 0.5) is 4.79 Å². The summed E-state index contributed by atoms with van der Waals surface area (Å²) in [6.45, 7) is 3.39. The molecule has 0 N–H and O–H groups in total. The normalized spacial score (nSPS) is 15.4. The molecular formula is C31H37N3O4S2. The van der Waals surface area contributed by atoms with Crippen LogP contribution < -0.4 is 0 Å². The Morgan fingerprint density at radius 2 is 1.75 bits per heavy atom. The van der Waals surface area contributed by atoms with Crippen molar-refractivity contribution in [3.05, 3.63) is 88.6 Å². The summed E-state index contributed by atoms with van der Waals surface area (Å²) in [4.78, 5) is 18.4. The number of nitrogens with zero attached hydrogens (tertiary/aromatic N) is 3. The molecule has 0 spiro atoms. The van der Waals surface area contributed by atoms with Crippen molar-refractivity contribution in [2.75, 3.05) is 39.8 Å². The van der Waals surface area contributed by atoms with Gasteiger partial charge < -0.3 is 9.64 Å². The molecule has 3 aromatic rings. The minimum absolute atomic E-state index is 0.0332. The molecule has 1 aliphatic rings. The monoisotopic (exact) mass is 579 g/mol. The van der Waals surface area contributed by atoms with Crippen molar-refractivity contribution >= 4 is 27.5 Å². The predicted molar refractivity (Wildman–Crippen MR) is 160 cm³/mol. The van der Waals surface area contributed by atoms with Crippen molar-refractivity contribution in [3.8, 4) is 12.3 Å². The third-order valence-electron chi connectivity index (χ3n) is 7.37. The molecule has 0 bridgehead atoms. The van der Waals surface area contributed by atoms with Gasteiger partial charge in [0.05, 0.1) is 11.4 Å². The first-order valence-corrected chi connectivity index (χ1v) is 15.9. The zero-order valence-corrected chi connectivity index (χ0v) is 24.5. The highest BCUT2D eigenvalue weighted by Crippen LogP contribution is 2.28. The van der Waals surface area contributed by atoms with E-state index >= 15 is 0 Å². The van der Waals surface area contributed by atoms with Crippen LogP contribution in [0.2, 0.25) is 0 Å². The van der Waals surface area contributed by atoms with E-state index in [9.17, 15) is 13.2 Å². The van der Waals surface area contributed by atoms with Crippen molar-refractivity contribution < 1.29 is 17.9 Å². The summed E-state index contributed by atoms with van der Waals surface area (Å²) in [6.07, 6.45) is 7.68. The zero-order valence-electron chi connectivity index (χ0n) is 22.9. The Hall–Kier alpha value is -3.16. The van der Waals surface area contributed by atoms with Gasteiger partial charge in [-0.15, -0.1) is 17.8 Å². The van der Waals surface area contributed by atoms with Crippen molar-refractivity contribution in [1.82, 2.24) is 14.1 Å². The van der Waals surface area contributed by atoms with E-state index in [2.05, 4.69) is 16.9 Å². The molecule has 1 atom stereocenters. The molecule has 1 amide bonds. The molecule has 1 aliphatic heterocycles. The van der Waals surface area contributed by atoms with Gasteiger partial charge in [-0.3, -0.25) is 4.90 Å². The highest BCUT2D eigenvalue weighted by atomic mass is 32.2. The SMILES string of the molecule is C#CCN(C(=O)OCc1ccccc1)C1CCN(CC[C@@H](CN(C)S(=O)(=O)c2ccccc2)c2cccs2)CC1. The van der Waals surface area contributed by atoms with Gasteiger partial charge in [0.1, 0.15) is 6.61 Å². The number of thiophene rings is 1. The average Bonchev–Trinajstić information content (AvgIpc) is 3.53. The van der Waals surface area contributed by atoms with Gasteiger partial charge in [0.25, 0.3) is 0 Å². The summed E-state index contributed by atoms with van der Waals surface area (Å²) in [5, 5.41) is 2.04. The van der Waals surface area contributed by atoms with Crippen molar-refractivity contribution in [2.45, 2.75) is 42.7 Å². The Labute approximate surface area is 242 Å². The molecular weight excluding hydrogens is 542 g/mol. The molecule has 1 saturated heterocycles. The molecule has 212 valence electrons. The largest absolute Gasteiger partial charge is 0.445 e. The fourth-order valence-corrected chi connectivity index (χ4v) is 7.16. The summed E-state index contributed by atoms with van der Waals surface area (Å²) in [6, 6.07) is 22.3. The Morgan fingerprint density at radius 3 is 2.38 bits per heavy atom. The van der Waals surface area contributed by atoms with E-state index in [0.717, 1.165) is 44.5 Å². The third kappa shape index (κ3) is 7.95. The summed E-state index contributed by atoms with van der Waals surface area (Å²) in [5.41, 5.74) is 0.939. The minimum atomic E-state index is -3.56. The second kappa shape index (κ2) is 14.5. The molecule has 0 radical (unpaired) electrons. The first-order valence-electron chi connectivity index (χ1n) is 13.6. The number of likely N-dealkylation sites (N-methyl/N-ethyl adjacent to an activating group) is 1. The number of benzene rings is 2. The maximum absolute atomic E-state index is 13.1. The smallest absolute Gasteiger partial charge is 0.411 e. The van der Waals surface area contributed by atoms with Crippen LogP contribution in [0.1, 0.15) is 35.6 Å². The molecule has 9 heteroatoms. The van der Waals surface area contributed by atoms with E-state index in [-0.39, 0.29) is 31.2 Å². The van der Waals surface area contributed by atoms with Crippen molar-refractivity contribution in [2.24, 2.45) is 0 Å². The lowest BCUT2D eigenvalue weighted by Gasteiger charge is -2.37. The number of terminal acetylenes is 1. The van der Waals surface area contributed by atoms with Gasteiger partial charge >= 0.3 is 6.09 Å². The van der Waals surface area contributed by atoms with Gasteiger partial charge in [-0.1, -0.05) is 60.5 Å². The van der Waals surface area contributed by atoms with E-state index < -0.39 is 10.0 Å². The molecule has 2 aromatic carbocycles. The lowest BCUT2D eigenvalue weighted by atomic mass is 10.00. The number of hydrogen-bond donors (Lipinski definition) is 0. The lowest BCUT2D eigenvalue weighted by Crippen LogP contribution is -2.48. The first-order chi connectivity index (χ1) is 19.4. The number of amides is 1. The maximum Gasteiger partial charge on any atom is 0.411 e. The predicted octanol–water partition coefficient (Wildman–Crippen LogP) is 5.28. The number of piperidine rings is 1. The maximum atomic E-state index is 13.1. The van der Waals surface area contributed by atoms with Crippen LogP contribution in [0, 0.1) is 12.3 Å². The van der Waals surface area contributed by atoms with Gasteiger partial charge in [0.2, 0.25) is 10.0 Å². The standard InChI is InChI=1S/C31H37N3O4S2/c1-3-19-34(31(35)38-25-26-11-6-4-7-12-26)28-17-21-33(22-18-28)20-16-27(30-15-10-23-39-30)24-32(2)40(36,37)29-13-8-5-9-14-29/h1,4-15,23,27-28H,16-22,24-25H2,2H3/t27-/m0/s1. The van der Waals surface area contributed by atoms with E-state index in [1.165, 1.54) is 9.18 Å². The van der Waals surface area contributed by atoms with Crippen molar-refractivity contribution in [1.29, 1.82) is 0 Å². The number of carbonyl (C=O) groups is 1. The molecule has 2 heterocycles. The van der Waals surface area contributed by atoms with Gasteiger partial charge in [0, 0.05) is 43.5 Å². The Bertz CT molecular complexity index is 1330. The van der Waals surface area contributed by atoms with E-state index in [1.54, 1.807) is 47.5 Å². The third-order valence-corrected chi connectivity index (χ3v) is 10.2. The van der Waals surface area contributed by atoms with Crippen LogP contribution in [-0.4, -0.2) is 74.4 Å². The molecule has 0 aliphatic carbocycles. The fraction of sp³-hybridized carbons (Fsp3) is 0.387. The number of carbonyl (C=O) groups excluding carboxylic acids is 1. The van der Waals surface area contributed by atoms with Crippen LogP contribution in [0.25, 0.3) is 0 Å². The van der Waals surface area contributed by atoms with E-state index in [1.807, 2.05) is 47.8 Å².